The predicted molar refractivity (Wildman–Crippen MR) is 97.4 cm³/mol. The zero-order chi connectivity index (χ0) is 16.8. The van der Waals surface area contributed by atoms with Crippen molar-refractivity contribution in [1.82, 2.24) is 10.3 Å². The standard InChI is InChI=1S/C19H22ClN3O/c20-18-9-5-4-6-14(18)12-22-17-10-15(11-21-13-17)19(24)23-16-7-2-1-3-8-16/h4-6,9-11,13,16,22H,1-3,7-8,12H2,(H,23,24). The Morgan fingerprint density at radius 1 is 1.17 bits per heavy atom. The predicted octanol–water partition coefficient (Wildman–Crippen LogP) is 4.41. The minimum atomic E-state index is -0.0456. The van der Waals surface area contributed by atoms with E-state index in [-0.39, 0.29) is 5.91 Å². The fourth-order valence-electron chi connectivity index (χ4n) is 3.02. The summed E-state index contributed by atoms with van der Waals surface area (Å²) < 4.78 is 0. The lowest BCUT2D eigenvalue weighted by Crippen LogP contribution is -2.36. The monoisotopic (exact) mass is 343 g/mol. The largest absolute Gasteiger partial charge is 0.380 e. The van der Waals surface area contributed by atoms with Crippen molar-refractivity contribution in [2.45, 2.75) is 44.7 Å². The van der Waals surface area contributed by atoms with Crippen LogP contribution in [-0.4, -0.2) is 16.9 Å². The molecule has 5 heteroatoms. The summed E-state index contributed by atoms with van der Waals surface area (Å²) in [5.41, 5.74) is 2.41. The van der Waals surface area contributed by atoms with E-state index in [0.717, 1.165) is 29.1 Å². The molecular formula is C19H22ClN3O. The Hall–Kier alpha value is -2.07. The van der Waals surface area contributed by atoms with Crippen LogP contribution in [0, 0.1) is 0 Å². The van der Waals surface area contributed by atoms with Gasteiger partial charge in [0.15, 0.2) is 0 Å². The van der Waals surface area contributed by atoms with Crippen LogP contribution in [0.2, 0.25) is 5.02 Å². The maximum Gasteiger partial charge on any atom is 0.253 e. The highest BCUT2D eigenvalue weighted by Gasteiger charge is 2.17. The SMILES string of the molecule is O=C(NC1CCCCC1)c1cncc(NCc2ccccc2Cl)c1. The van der Waals surface area contributed by atoms with E-state index in [1.807, 2.05) is 30.3 Å². The lowest BCUT2D eigenvalue weighted by molar-refractivity contribution is 0.0927. The van der Waals surface area contributed by atoms with Crippen molar-refractivity contribution < 1.29 is 4.79 Å². The molecule has 1 fully saturated rings. The molecule has 1 aromatic heterocycles. The zero-order valence-electron chi connectivity index (χ0n) is 13.6. The lowest BCUT2D eigenvalue weighted by atomic mass is 9.95. The first kappa shape index (κ1) is 16.8. The van der Waals surface area contributed by atoms with Crippen LogP contribution < -0.4 is 10.6 Å². The molecule has 126 valence electrons. The first-order chi connectivity index (χ1) is 11.7. The van der Waals surface area contributed by atoms with Crippen molar-refractivity contribution in [3.8, 4) is 0 Å². The lowest BCUT2D eigenvalue weighted by Gasteiger charge is -2.22. The Kier molecular flexibility index (Phi) is 5.70. The molecular weight excluding hydrogens is 322 g/mol. The molecule has 1 aliphatic carbocycles. The van der Waals surface area contributed by atoms with E-state index in [1.54, 1.807) is 12.4 Å². The Labute approximate surface area is 147 Å². The number of carbonyl (C=O) groups is 1. The summed E-state index contributed by atoms with van der Waals surface area (Å²) in [6.07, 6.45) is 9.14. The van der Waals surface area contributed by atoms with Crippen molar-refractivity contribution >= 4 is 23.2 Å². The van der Waals surface area contributed by atoms with E-state index >= 15 is 0 Å². The number of rotatable bonds is 5. The second-order valence-corrected chi connectivity index (χ2v) is 6.62. The molecule has 2 aromatic rings. The molecule has 2 N–H and O–H groups in total. The highest BCUT2D eigenvalue weighted by Crippen LogP contribution is 2.19. The average molecular weight is 344 g/mol. The molecule has 1 aromatic carbocycles. The normalized spacial score (nSPS) is 15.0. The minimum absolute atomic E-state index is 0.0456. The molecule has 1 saturated carbocycles. The number of amides is 1. The third-order valence-electron chi connectivity index (χ3n) is 4.38. The van der Waals surface area contributed by atoms with Gasteiger partial charge in [-0.05, 0) is 30.5 Å². The number of halogens is 1. The second kappa shape index (κ2) is 8.15. The molecule has 1 amide bonds. The summed E-state index contributed by atoms with van der Waals surface area (Å²) in [5.74, 6) is -0.0456. The summed E-state index contributed by atoms with van der Waals surface area (Å²) in [5, 5.41) is 7.12. The number of pyridine rings is 1. The number of hydrogen-bond acceptors (Lipinski definition) is 3. The van der Waals surface area contributed by atoms with Gasteiger partial charge in [-0.15, -0.1) is 0 Å². The molecule has 0 unspecified atom stereocenters. The van der Waals surface area contributed by atoms with Gasteiger partial charge in [-0.25, -0.2) is 0 Å². The summed E-state index contributed by atoms with van der Waals surface area (Å²) in [7, 11) is 0. The molecule has 4 nitrogen and oxygen atoms in total. The van der Waals surface area contributed by atoms with Crippen molar-refractivity contribution in [3.05, 3.63) is 58.9 Å². The topological polar surface area (TPSA) is 54.0 Å². The van der Waals surface area contributed by atoms with Crippen molar-refractivity contribution in [3.63, 3.8) is 0 Å². The summed E-state index contributed by atoms with van der Waals surface area (Å²) >= 11 is 6.16. The quantitative estimate of drug-likeness (QED) is 0.845. The number of carbonyl (C=O) groups excluding carboxylic acids is 1. The fraction of sp³-hybridized carbons (Fsp3) is 0.368. The van der Waals surface area contributed by atoms with Gasteiger partial charge in [0.1, 0.15) is 0 Å². The van der Waals surface area contributed by atoms with Gasteiger partial charge in [0.05, 0.1) is 11.3 Å². The molecule has 0 aliphatic heterocycles. The maximum atomic E-state index is 12.4. The third-order valence-corrected chi connectivity index (χ3v) is 4.75. The van der Waals surface area contributed by atoms with Gasteiger partial charge < -0.3 is 10.6 Å². The average Bonchev–Trinajstić information content (AvgIpc) is 2.62. The molecule has 0 radical (unpaired) electrons. The number of anilines is 1. The highest BCUT2D eigenvalue weighted by molar-refractivity contribution is 6.31. The van der Waals surface area contributed by atoms with E-state index in [1.165, 1.54) is 19.3 Å². The van der Waals surface area contributed by atoms with Crippen LogP contribution in [0.15, 0.2) is 42.7 Å². The number of hydrogen-bond donors (Lipinski definition) is 2. The van der Waals surface area contributed by atoms with Crippen LogP contribution >= 0.6 is 11.6 Å². The van der Waals surface area contributed by atoms with Gasteiger partial charge in [0.25, 0.3) is 5.91 Å². The molecule has 1 aliphatic rings. The Morgan fingerprint density at radius 3 is 2.75 bits per heavy atom. The number of benzene rings is 1. The molecule has 0 spiro atoms. The first-order valence-corrected chi connectivity index (χ1v) is 8.83. The molecule has 0 atom stereocenters. The van der Waals surface area contributed by atoms with E-state index in [4.69, 9.17) is 11.6 Å². The molecule has 3 rings (SSSR count). The van der Waals surface area contributed by atoms with Crippen LogP contribution in [0.25, 0.3) is 0 Å². The van der Waals surface area contributed by atoms with Gasteiger partial charge in [-0.3, -0.25) is 9.78 Å². The van der Waals surface area contributed by atoms with Crippen LogP contribution in [0.4, 0.5) is 5.69 Å². The second-order valence-electron chi connectivity index (χ2n) is 6.22. The Bertz CT molecular complexity index is 699. The molecule has 0 bridgehead atoms. The van der Waals surface area contributed by atoms with Gasteiger partial charge >= 0.3 is 0 Å². The van der Waals surface area contributed by atoms with Crippen LogP contribution in [-0.2, 0) is 6.54 Å². The molecule has 1 heterocycles. The maximum absolute atomic E-state index is 12.4. The minimum Gasteiger partial charge on any atom is -0.380 e. The van der Waals surface area contributed by atoms with Gasteiger partial charge in [0, 0.05) is 30.0 Å². The van der Waals surface area contributed by atoms with E-state index < -0.39 is 0 Å². The van der Waals surface area contributed by atoms with Gasteiger partial charge in [-0.2, -0.15) is 0 Å². The summed E-state index contributed by atoms with van der Waals surface area (Å²) in [4.78, 5) is 16.6. The fourth-order valence-corrected chi connectivity index (χ4v) is 3.22. The van der Waals surface area contributed by atoms with E-state index in [2.05, 4.69) is 15.6 Å². The van der Waals surface area contributed by atoms with E-state index in [9.17, 15) is 4.79 Å². The number of aromatic nitrogens is 1. The van der Waals surface area contributed by atoms with Crippen molar-refractivity contribution in [2.75, 3.05) is 5.32 Å². The highest BCUT2D eigenvalue weighted by atomic mass is 35.5. The van der Waals surface area contributed by atoms with E-state index in [0.29, 0.717) is 18.2 Å². The summed E-state index contributed by atoms with van der Waals surface area (Å²) in [6, 6.07) is 9.83. The molecule has 0 saturated heterocycles. The van der Waals surface area contributed by atoms with Gasteiger partial charge in [0.2, 0.25) is 0 Å². The van der Waals surface area contributed by atoms with Crippen molar-refractivity contribution in [1.29, 1.82) is 0 Å². The third kappa shape index (κ3) is 4.48. The number of nitrogens with one attached hydrogen (secondary N) is 2. The van der Waals surface area contributed by atoms with Crippen LogP contribution in [0.5, 0.6) is 0 Å². The number of nitrogens with zero attached hydrogens (tertiary/aromatic N) is 1. The Morgan fingerprint density at radius 2 is 1.96 bits per heavy atom. The smallest absolute Gasteiger partial charge is 0.253 e. The Balaban J connectivity index is 1.61. The van der Waals surface area contributed by atoms with Crippen molar-refractivity contribution in [2.24, 2.45) is 0 Å². The first-order valence-electron chi connectivity index (χ1n) is 8.45. The molecule has 24 heavy (non-hydrogen) atoms. The van der Waals surface area contributed by atoms with Crippen LogP contribution in [0.3, 0.4) is 0 Å². The zero-order valence-corrected chi connectivity index (χ0v) is 14.4. The summed E-state index contributed by atoms with van der Waals surface area (Å²) in [6.45, 7) is 0.592. The van der Waals surface area contributed by atoms with Crippen LogP contribution in [0.1, 0.15) is 48.0 Å². The van der Waals surface area contributed by atoms with Gasteiger partial charge in [-0.1, -0.05) is 49.1 Å².